The Bertz CT molecular complexity index is 1150. The van der Waals surface area contributed by atoms with E-state index in [2.05, 4.69) is 5.32 Å². The van der Waals surface area contributed by atoms with Crippen LogP contribution in [0, 0.1) is 0 Å². The van der Waals surface area contributed by atoms with Crippen LogP contribution in [0.15, 0.2) is 66.7 Å². The third-order valence-corrected chi connectivity index (χ3v) is 5.77. The fourth-order valence-electron chi connectivity index (χ4n) is 4.14. The van der Waals surface area contributed by atoms with Gasteiger partial charge >= 0.3 is 12.3 Å². The zero-order chi connectivity index (χ0) is 24.5. The highest BCUT2D eigenvalue weighted by Gasteiger charge is 2.33. The molecule has 0 aromatic heterocycles. The molecular weight excluding hydrogens is 451 g/mol. The second-order valence-electron chi connectivity index (χ2n) is 8.03. The summed E-state index contributed by atoms with van der Waals surface area (Å²) in [6, 6.07) is 17.6. The number of hydrogen-bond acceptors (Lipinski definition) is 5. The number of hydrogen-bond donors (Lipinski definition) is 4. The van der Waals surface area contributed by atoms with E-state index in [0.717, 1.165) is 28.3 Å². The lowest BCUT2D eigenvalue weighted by molar-refractivity contribution is -0.137. The van der Waals surface area contributed by atoms with Crippen LogP contribution in [0.5, 0.6) is 5.75 Å². The van der Waals surface area contributed by atoms with E-state index in [4.69, 9.17) is 4.74 Å². The minimum atomic E-state index is -4.74. The number of alkyl halides is 3. The maximum atomic E-state index is 12.9. The number of benzene rings is 3. The van der Waals surface area contributed by atoms with E-state index < -0.39 is 42.3 Å². The maximum Gasteiger partial charge on any atom is 0.416 e. The Balaban J connectivity index is 1.36. The van der Waals surface area contributed by atoms with Crippen LogP contribution in [0.4, 0.5) is 18.0 Å². The molecule has 0 heterocycles. The smallest absolute Gasteiger partial charge is 0.416 e. The van der Waals surface area contributed by atoms with Gasteiger partial charge < -0.3 is 25.4 Å². The Morgan fingerprint density at radius 1 is 0.971 bits per heavy atom. The summed E-state index contributed by atoms with van der Waals surface area (Å²) in [5.41, 5.74) is 2.67. The fraction of sp³-hybridized carbons (Fsp3) is 0.240. The average Bonchev–Trinajstić information content (AvgIpc) is 3.13. The first kappa shape index (κ1) is 23.6. The molecule has 0 fully saturated rings. The number of aliphatic hydroxyl groups excluding tert-OH is 2. The molecule has 4 rings (SSSR count). The minimum Gasteiger partial charge on any atom is -0.508 e. The van der Waals surface area contributed by atoms with Crippen LogP contribution in [0.2, 0.25) is 0 Å². The lowest BCUT2D eigenvalue weighted by Crippen LogP contribution is -2.36. The number of phenolic OH excluding ortho intramolecular Hbond substituents is 1. The Kier molecular flexibility index (Phi) is 6.49. The van der Waals surface area contributed by atoms with Crippen molar-refractivity contribution in [3.8, 4) is 16.9 Å². The summed E-state index contributed by atoms with van der Waals surface area (Å²) >= 11 is 0. The van der Waals surface area contributed by atoms with E-state index in [1.807, 2.05) is 48.5 Å². The van der Waals surface area contributed by atoms with Gasteiger partial charge in [-0.05, 0) is 46.0 Å². The van der Waals surface area contributed by atoms with Gasteiger partial charge in [-0.1, -0.05) is 48.5 Å². The molecule has 1 aliphatic carbocycles. The lowest BCUT2D eigenvalue weighted by Gasteiger charge is -2.20. The van der Waals surface area contributed by atoms with Crippen molar-refractivity contribution in [3.63, 3.8) is 0 Å². The van der Waals surface area contributed by atoms with Gasteiger partial charge in [0.15, 0.2) is 0 Å². The molecular formula is C25H22F3NO5. The van der Waals surface area contributed by atoms with E-state index in [1.165, 1.54) is 0 Å². The van der Waals surface area contributed by atoms with Crippen molar-refractivity contribution >= 4 is 6.09 Å². The molecule has 0 bridgehead atoms. The van der Waals surface area contributed by atoms with Gasteiger partial charge in [0.2, 0.25) is 0 Å². The van der Waals surface area contributed by atoms with Crippen molar-refractivity contribution in [2.45, 2.75) is 24.3 Å². The molecule has 0 spiro atoms. The number of alkyl carbamates (subject to hydrolysis) is 1. The topological polar surface area (TPSA) is 99.0 Å². The number of carbonyl (C=O) groups is 1. The molecule has 3 aromatic carbocycles. The van der Waals surface area contributed by atoms with Gasteiger partial charge in [-0.25, -0.2) is 4.79 Å². The van der Waals surface area contributed by atoms with Crippen molar-refractivity contribution in [1.29, 1.82) is 0 Å². The number of amides is 1. The van der Waals surface area contributed by atoms with Crippen LogP contribution in [0.25, 0.3) is 11.1 Å². The first-order chi connectivity index (χ1) is 16.1. The number of rotatable bonds is 6. The maximum absolute atomic E-state index is 12.9. The molecule has 34 heavy (non-hydrogen) atoms. The van der Waals surface area contributed by atoms with Crippen molar-refractivity contribution in [1.82, 2.24) is 5.32 Å². The molecule has 0 aliphatic heterocycles. The van der Waals surface area contributed by atoms with Gasteiger partial charge in [-0.2, -0.15) is 13.2 Å². The second-order valence-corrected chi connectivity index (χ2v) is 8.03. The van der Waals surface area contributed by atoms with Gasteiger partial charge in [0.1, 0.15) is 24.6 Å². The number of ether oxygens (including phenoxy) is 1. The number of aromatic hydroxyl groups is 1. The lowest BCUT2D eigenvalue weighted by atomic mass is 9.98. The van der Waals surface area contributed by atoms with Crippen LogP contribution >= 0.6 is 0 Å². The number of halogens is 3. The second kappa shape index (κ2) is 9.36. The molecule has 0 saturated carbocycles. The Morgan fingerprint density at radius 3 is 2.15 bits per heavy atom. The molecule has 2 atom stereocenters. The van der Waals surface area contributed by atoms with Gasteiger partial charge in [-0.3, -0.25) is 0 Å². The predicted octanol–water partition coefficient (Wildman–Crippen LogP) is 4.34. The van der Waals surface area contributed by atoms with Crippen LogP contribution in [-0.2, 0) is 10.9 Å². The summed E-state index contributed by atoms with van der Waals surface area (Å²) in [7, 11) is 0. The molecule has 0 radical (unpaired) electrons. The summed E-state index contributed by atoms with van der Waals surface area (Å²) < 4.78 is 44.1. The predicted molar refractivity (Wildman–Crippen MR) is 117 cm³/mol. The minimum absolute atomic E-state index is 0.0417. The third kappa shape index (κ3) is 4.85. The third-order valence-electron chi connectivity index (χ3n) is 5.77. The fourth-order valence-corrected chi connectivity index (χ4v) is 4.14. The number of carbonyl (C=O) groups excluding carboxylic acids is 1. The van der Waals surface area contributed by atoms with E-state index in [9.17, 15) is 33.3 Å². The van der Waals surface area contributed by atoms with E-state index in [0.29, 0.717) is 12.1 Å². The van der Waals surface area contributed by atoms with Crippen LogP contribution in [0.3, 0.4) is 0 Å². The standard InChI is InChI=1S/C25H22F3NO5/c26-25(27,28)15-9-14(10-16(30)11-15)23(32)22(31)12-29-24(33)34-13-21-19-7-3-1-5-17(19)18-6-2-4-8-20(18)21/h1-11,21-23,30-32H,12-13H2,(H,29,33). The van der Waals surface area contributed by atoms with Gasteiger partial charge in [0.25, 0.3) is 0 Å². The monoisotopic (exact) mass is 473 g/mol. The molecule has 1 aliphatic rings. The Hall–Kier alpha value is -3.56. The zero-order valence-corrected chi connectivity index (χ0v) is 17.8. The van der Waals surface area contributed by atoms with Gasteiger partial charge in [0.05, 0.1) is 5.56 Å². The summed E-state index contributed by atoms with van der Waals surface area (Å²) in [4.78, 5) is 12.2. The Morgan fingerprint density at radius 2 is 1.56 bits per heavy atom. The van der Waals surface area contributed by atoms with Crippen LogP contribution in [0.1, 0.15) is 34.3 Å². The number of aliphatic hydroxyl groups is 2. The molecule has 6 nitrogen and oxygen atoms in total. The summed E-state index contributed by atoms with van der Waals surface area (Å²) in [5, 5.41) is 32.2. The highest BCUT2D eigenvalue weighted by molar-refractivity contribution is 5.79. The molecule has 1 amide bonds. The van der Waals surface area contributed by atoms with E-state index in [-0.39, 0.29) is 18.1 Å². The van der Waals surface area contributed by atoms with Crippen LogP contribution < -0.4 is 5.32 Å². The molecule has 0 saturated heterocycles. The number of nitrogens with one attached hydrogen (secondary N) is 1. The molecule has 3 aromatic rings. The largest absolute Gasteiger partial charge is 0.508 e. The quantitative estimate of drug-likeness (QED) is 0.427. The molecule has 9 heteroatoms. The summed E-state index contributed by atoms with van der Waals surface area (Å²) in [5.74, 6) is -0.873. The number of fused-ring (bicyclic) bond motifs is 3. The van der Waals surface area contributed by atoms with Gasteiger partial charge in [-0.15, -0.1) is 0 Å². The van der Waals surface area contributed by atoms with Gasteiger partial charge in [0, 0.05) is 12.5 Å². The first-order valence-corrected chi connectivity index (χ1v) is 10.5. The summed E-state index contributed by atoms with van der Waals surface area (Å²) in [6.07, 6.45) is -9.00. The van der Waals surface area contributed by atoms with Crippen molar-refractivity contribution in [2.75, 3.05) is 13.2 Å². The first-order valence-electron chi connectivity index (χ1n) is 10.5. The van der Waals surface area contributed by atoms with E-state index in [1.54, 1.807) is 0 Å². The number of phenols is 1. The van der Waals surface area contributed by atoms with Crippen molar-refractivity contribution < 1.29 is 38.0 Å². The SMILES string of the molecule is O=C(NCC(O)C(O)c1cc(O)cc(C(F)(F)F)c1)OCC1c2ccccc2-c2ccccc21. The van der Waals surface area contributed by atoms with Crippen molar-refractivity contribution in [2.24, 2.45) is 0 Å². The average molecular weight is 473 g/mol. The highest BCUT2D eigenvalue weighted by atomic mass is 19.4. The normalized spacial score (nSPS) is 14.7. The summed E-state index contributed by atoms with van der Waals surface area (Å²) in [6.45, 7) is -0.436. The molecule has 4 N–H and O–H groups in total. The Labute approximate surface area is 193 Å². The highest BCUT2D eigenvalue weighted by Crippen LogP contribution is 2.44. The van der Waals surface area contributed by atoms with Crippen LogP contribution in [-0.4, -0.2) is 40.7 Å². The van der Waals surface area contributed by atoms with Crippen molar-refractivity contribution in [3.05, 3.63) is 89.0 Å². The zero-order valence-electron chi connectivity index (χ0n) is 17.8. The molecule has 2 unspecified atom stereocenters. The molecule has 178 valence electrons. The van der Waals surface area contributed by atoms with E-state index >= 15 is 0 Å².